The molecule has 1 aromatic heterocycles. The normalized spacial score (nSPS) is 16.4. The van der Waals surface area contributed by atoms with Crippen LogP contribution in [0.5, 0.6) is 5.75 Å². The quantitative estimate of drug-likeness (QED) is 0.626. The number of ketones is 1. The Morgan fingerprint density at radius 3 is 2.62 bits per heavy atom. The topological polar surface area (TPSA) is 72.8 Å². The van der Waals surface area contributed by atoms with Crippen LogP contribution in [0.25, 0.3) is 10.9 Å². The summed E-state index contributed by atoms with van der Waals surface area (Å²) in [5, 5.41) is 4.37. The van der Waals surface area contributed by atoms with Crippen molar-refractivity contribution in [2.75, 3.05) is 46.0 Å². The maximum absolute atomic E-state index is 13.4. The van der Waals surface area contributed by atoms with E-state index in [0.29, 0.717) is 37.6 Å². The van der Waals surface area contributed by atoms with E-state index in [4.69, 9.17) is 9.47 Å². The summed E-state index contributed by atoms with van der Waals surface area (Å²) in [5.41, 5.74) is 3.35. The maximum atomic E-state index is 13.4. The summed E-state index contributed by atoms with van der Waals surface area (Å²) in [4.78, 5) is 28.1. The number of para-hydroxylation sites is 2. The first-order chi connectivity index (χ1) is 15.7. The molecule has 1 amide bonds. The number of hydrogen-bond donors (Lipinski definition) is 1. The Morgan fingerprint density at radius 1 is 0.969 bits per heavy atom. The Hall–Kier alpha value is -3.16. The van der Waals surface area contributed by atoms with Gasteiger partial charge in [-0.15, -0.1) is 0 Å². The summed E-state index contributed by atoms with van der Waals surface area (Å²) in [6.07, 6.45) is 0.794. The number of morpholine rings is 1. The molecule has 0 saturated carbocycles. The van der Waals surface area contributed by atoms with Crippen LogP contribution in [0, 0.1) is 0 Å². The van der Waals surface area contributed by atoms with Crippen molar-refractivity contribution < 1.29 is 19.1 Å². The fraction of sp³-hybridized carbons (Fsp3) is 0.360. The summed E-state index contributed by atoms with van der Waals surface area (Å²) in [7, 11) is 0. The van der Waals surface area contributed by atoms with Gasteiger partial charge in [-0.1, -0.05) is 30.3 Å². The molecule has 2 aliphatic heterocycles. The van der Waals surface area contributed by atoms with Gasteiger partial charge < -0.3 is 24.3 Å². The third kappa shape index (κ3) is 3.89. The highest BCUT2D eigenvalue weighted by Gasteiger charge is 2.25. The first-order valence-corrected chi connectivity index (χ1v) is 11.2. The summed E-state index contributed by atoms with van der Waals surface area (Å²) in [5.74, 6) is 0.282. The number of benzene rings is 2. The molecule has 0 bridgehead atoms. The standard InChI is InChI=1S/C25H27N3O4/c29-22(24-18-5-1-3-7-20(18)28-12-11-26-10-9-21(24)28)17-32-23-8-4-2-6-19(23)25(30)27-13-15-31-16-14-27/h1-8,26H,9-17H2. The van der Waals surface area contributed by atoms with Crippen LogP contribution >= 0.6 is 0 Å². The van der Waals surface area contributed by atoms with Crippen LogP contribution in [0.1, 0.15) is 26.4 Å². The van der Waals surface area contributed by atoms with Crippen LogP contribution in [-0.4, -0.2) is 67.2 Å². The molecule has 0 radical (unpaired) electrons. The average molecular weight is 434 g/mol. The van der Waals surface area contributed by atoms with E-state index in [1.807, 2.05) is 30.3 Å². The van der Waals surface area contributed by atoms with Crippen molar-refractivity contribution in [3.63, 3.8) is 0 Å². The number of fused-ring (bicyclic) bond motifs is 3. The Morgan fingerprint density at radius 2 is 1.75 bits per heavy atom. The monoisotopic (exact) mass is 433 g/mol. The SMILES string of the molecule is O=C(COc1ccccc1C(=O)N1CCOCC1)c1c2n(c3ccccc13)CCNCC2. The van der Waals surface area contributed by atoms with Gasteiger partial charge in [0.25, 0.3) is 5.91 Å². The lowest BCUT2D eigenvalue weighted by Crippen LogP contribution is -2.40. The number of rotatable bonds is 5. The number of carbonyl (C=O) groups is 2. The molecule has 0 aliphatic carbocycles. The number of hydrogen-bond acceptors (Lipinski definition) is 5. The van der Waals surface area contributed by atoms with E-state index in [9.17, 15) is 9.59 Å². The van der Waals surface area contributed by atoms with Crippen molar-refractivity contribution in [2.45, 2.75) is 13.0 Å². The zero-order valence-corrected chi connectivity index (χ0v) is 18.0. The van der Waals surface area contributed by atoms with Crippen molar-refractivity contribution in [1.29, 1.82) is 0 Å². The zero-order valence-electron chi connectivity index (χ0n) is 18.0. The van der Waals surface area contributed by atoms with Crippen molar-refractivity contribution >= 4 is 22.6 Å². The van der Waals surface area contributed by atoms with E-state index >= 15 is 0 Å². The van der Waals surface area contributed by atoms with Crippen LogP contribution in [0.2, 0.25) is 0 Å². The lowest BCUT2D eigenvalue weighted by Gasteiger charge is -2.27. The maximum Gasteiger partial charge on any atom is 0.257 e. The first kappa shape index (κ1) is 20.7. The molecule has 166 valence electrons. The number of ether oxygens (including phenoxy) is 2. The molecule has 3 aromatic rings. The number of nitrogens with one attached hydrogen (secondary N) is 1. The Balaban J connectivity index is 1.40. The molecule has 0 atom stereocenters. The summed E-state index contributed by atoms with van der Waals surface area (Å²) >= 11 is 0. The molecule has 2 aromatic carbocycles. The lowest BCUT2D eigenvalue weighted by molar-refractivity contribution is 0.0300. The minimum absolute atomic E-state index is 0.0644. The van der Waals surface area contributed by atoms with Crippen molar-refractivity contribution in [3.05, 3.63) is 65.4 Å². The van der Waals surface area contributed by atoms with Gasteiger partial charge in [0, 0.05) is 55.7 Å². The van der Waals surface area contributed by atoms with Crippen LogP contribution < -0.4 is 10.1 Å². The smallest absolute Gasteiger partial charge is 0.257 e. The molecule has 0 spiro atoms. The first-order valence-electron chi connectivity index (χ1n) is 11.2. The lowest BCUT2D eigenvalue weighted by atomic mass is 10.0. The minimum Gasteiger partial charge on any atom is -0.485 e. The molecule has 5 rings (SSSR count). The third-order valence-electron chi connectivity index (χ3n) is 6.18. The Kier molecular flexibility index (Phi) is 5.92. The summed E-state index contributed by atoms with van der Waals surface area (Å²) in [6.45, 7) is 4.64. The zero-order chi connectivity index (χ0) is 21.9. The molecular weight excluding hydrogens is 406 g/mol. The highest BCUT2D eigenvalue weighted by Crippen LogP contribution is 2.29. The van der Waals surface area contributed by atoms with E-state index < -0.39 is 0 Å². The highest BCUT2D eigenvalue weighted by molar-refractivity contribution is 6.10. The van der Waals surface area contributed by atoms with E-state index in [2.05, 4.69) is 16.0 Å². The average Bonchev–Trinajstić information content (AvgIpc) is 2.97. The molecule has 2 aliphatic rings. The van der Waals surface area contributed by atoms with E-state index in [1.54, 1.807) is 17.0 Å². The van der Waals surface area contributed by atoms with Gasteiger partial charge in [-0.25, -0.2) is 0 Å². The van der Waals surface area contributed by atoms with Crippen LogP contribution in [0.15, 0.2) is 48.5 Å². The van der Waals surface area contributed by atoms with Gasteiger partial charge in [0.05, 0.1) is 24.3 Å². The molecule has 1 N–H and O–H groups in total. The molecule has 0 unspecified atom stereocenters. The fourth-order valence-electron chi connectivity index (χ4n) is 4.63. The van der Waals surface area contributed by atoms with Gasteiger partial charge >= 0.3 is 0 Å². The molecule has 7 nitrogen and oxygen atoms in total. The van der Waals surface area contributed by atoms with E-state index in [-0.39, 0.29) is 18.3 Å². The predicted molar refractivity (Wildman–Crippen MR) is 122 cm³/mol. The molecule has 1 saturated heterocycles. The van der Waals surface area contributed by atoms with Gasteiger partial charge in [-0.2, -0.15) is 0 Å². The third-order valence-corrected chi connectivity index (χ3v) is 6.18. The number of aromatic nitrogens is 1. The Labute approximate surface area is 186 Å². The van der Waals surface area contributed by atoms with Gasteiger partial charge in [0.15, 0.2) is 6.61 Å². The number of Topliss-reactive ketones (excluding diaryl/α,β-unsaturated/α-hetero) is 1. The van der Waals surface area contributed by atoms with Gasteiger partial charge in [0.2, 0.25) is 5.78 Å². The molecule has 32 heavy (non-hydrogen) atoms. The predicted octanol–water partition coefficient (Wildman–Crippen LogP) is 2.52. The highest BCUT2D eigenvalue weighted by atomic mass is 16.5. The van der Waals surface area contributed by atoms with Crippen LogP contribution in [-0.2, 0) is 17.7 Å². The van der Waals surface area contributed by atoms with Gasteiger partial charge in [-0.3, -0.25) is 9.59 Å². The van der Waals surface area contributed by atoms with Crippen LogP contribution in [0.3, 0.4) is 0 Å². The van der Waals surface area contributed by atoms with E-state index in [1.165, 1.54) is 0 Å². The second kappa shape index (κ2) is 9.14. The fourth-order valence-corrected chi connectivity index (χ4v) is 4.63. The minimum atomic E-state index is -0.109. The summed E-state index contributed by atoms with van der Waals surface area (Å²) < 4.78 is 13.6. The number of amides is 1. The van der Waals surface area contributed by atoms with Crippen molar-refractivity contribution in [3.8, 4) is 5.75 Å². The number of carbonyl (C=O) groups excluding carboxylic acids is 2. The number of nitrogens with zero attached hydrogens (tertiary/aromatic N) is 2. The molecule has 7 heteroatoms. The molecular formula is C25H27N3O4. The Bertz CT molecular complexity index is 1150. The van der Waals surface area contributed by atoms with Crippen molar-refractivity contribution in [2.24, 2.45) is 0 Å². The largest absolute Gasteiger partial charge is 0.485 e. The van der Waals surface area contributed by atoms with Gasteiger partial charge in [0.1, 0.15) is 5.75 Å². The second-order valence-electron chi connectivity index (χ2n) is 8.10. The van der Waals surface area contributed by atoms with Crippen LogP contribution in [0.4, 0.5) is 0 Å². The molecule has 3 heterocycles. The van der Waals surface area contributed by atoms with Crippen molar-refractivity contribution in [1.82, 2.24) is 14.8 Å². The molecule has 1 fully saturated rings. The summed E-state index contributed by atoms with van der Waals surface area (Å²) in [6, 6.07) is 15.2. The van der Waals surface area contributed by atoms with Gasteiger partial charge in [-0.05, 0) is 18.2 Å². The second-order valence-corrected chi connectivity index (χ2v) is 8.10. The van der Waals surface area contributed by atoms with E-state index in [0.717, 1.165) is 48.2 Å².